The van der Waals surface area contributed by atoms with Crippen LogP contribution in [-0.4, -0.2) is 25.1 Å². The number of carbonyl (C=O) groups excluding carboxylic acids is 1. The van der Waals surface area contributed by atoms with Crippen molar-refractivity contribution in [3.63, 3.8) is 0 Å². The van der Waals surface area contributed by atoms with Crippen LogP contribution in [0, 0.1) is 0 Å². The first-order valence-electron chi connectivity index (χ1n) is 8.22. The number of rotatable bonds is 4. The predicted octanol–water partition coefficient (Wildman–Crippen LogP) is 3.84. The molecule has 0 saturated heterocycles. The third-order valence-electron chi connectivity index (χ3n) is 4.33. The summed E-state index contributed by atoms with van der Waals surface area (Å²) in [6.45, 7) is 1.49. The summed E-state index contributed by atoms with van der Waals surface area (Å²) >= 11 is 0. The average molecular weight is 334 g/mol. The molecular weight excluding hydrogens is 312 g/mol. The first-order chi connectivity index (χ1) is 12.0. The molecule has 2 N–H and O–H groups in total. The van der Waals surface area contributed by atoms with E-state index in [1.807, 2.05) is 73.6 Å². The van der Waals surface area contributed by atoms with Crippen LogP contribution in [-0.2, 0) is 4.79 Å². The van der Waals surface area contributed by atoms with Gasteiger partial charge in [0, 0.05) is 32.3 Å². The molecule has 4 nitrogen and oxygen atoms in total. The molecule has 4 heteroatoms. The first-order valence-corrected chi connectivity index (χ1v) is 8.22. The third-order valence-corrected chi connectivity index (χ3v) is 4.33. The number of nitrogens with zero attached hydrogens (tertiary/aromatic N) is 1. The molecule has 3 aromatic rings. The lowest BCUT2D eigenvalue weighted by Gasteiger charge is -2.23. The van der Waals surface area contributed by atoms with Gasteiger partial charge in [-0.1, -0.05) is 42.5 Å². The number of phenolic OH excluding ortho intramolecular Hbond substituents is 1. The fraction of sp³-hybridized carbons (Fsp3) is 0.190. The number of phenols is 1. The Morgan fingerprint density at radius 3 is 2.32 bits per heavy atom. The Labute approximate surface area is 147 Å². The second-order valence-electron chi connectivity index (χ2n) is 6.34. The smallest absolute Gasteiger partial charge is 0.217 e. The summed E-state index contributed by atoms with van der Waals surface area (Å²) in [7, 11) is 3.97. The van der Waals surface area contributed by atoms with Crippen LogP contribution in [0.15, 0.2) is 60.7 Å². The summed E-state index contributed by atoms with van der Waals surface area (Å²) in [6, 6.07) is 19.0. The van der Waals surface area contributed by atoms with E-state index < -0.39 is 6.04 Å². The van der Waals surface area contributed by atoms with Gasteiger partial charge in [-0.15, -0.1) is 0 Å². The van der Waals surface area contributed by atoms with Gasteiger partial charge in [0.05, 0.1) is 6.04 Å². The van der Waals surface area contributed by atoms with Gasteiger partial charge < -0.3 is 15.3 Å². The van der Waals surface area contributed by atoms with Crippen LogP contribution in [0.1, 0.15) is 24.1 Å². The van der Waals surface area contributed by atoms with Crippen molar-refractivity contribution in [1.29, 1.82) is 0 Å². The SMILES string of the molecule is CC(=O)N[C@H](c1ccc(N(C)C)cc1)c1c(O)ccc2ccccc12. The zero-order chi connectivity index (χ0) is 18.0. The molecule has 0 spiro atoms. The summed E-state index contributed by atoms with van der Waals surface area (Å²) < 4.78 is 0. The van der Waals surface area contributed by atoms with Gasteiger partial charge in [-0.25, -0.2) is 0 Å². The lowest BCUT2D eigenvalue weighted by Crippen LogP contribution is -2.27. The number of fused-ring (bicyclic) bond motifs is 1. The Kier molecular flexibility index (Phi) is 4.61. The van der Waals surface area contributed by atoms with E-state index in [1.165, 1.54) is 6.92 Å². The largest absolute Gasteiger partial charge is 0.508 e. The number of aromatic hydroxyl groups is 1. The second-order valence-corrected chi connectivity index (χ2v) is 6.34. The van der Waals surface area contributed by atoms with E-state index in [4.69, 9.17) is 0 Å². The van der Waals surface area contributed by atoms with Crippen molar-refractivity contribution in [2.75, 3.05) is 19.0 Å². The first kappa shape index (κ1) is 16.8. The van der Waals surface area contributed by atoms with E-state index in [1.54, 1.807) is 6.07 Å². The molecule has 0 aliphatic rings. The molecule has 128 valence electrons. The molecule has 0 radical (unpaired) electrons. The molecule has 0 saturated carbocycles. The van der Waals surface area contributed by atoms with Crippen molar-refractivity contribution in [2.45, 2.75) is 13.0 Å². The van der Waals surface area contributed by atoms with Crippen LogP contribution in [0.25, 0.3) is 10.8 Å². The van der Waals surface area contributed by atoms with Gasteiger partial charge in [0.15, 0.2) is 0 Å². The van der Waals surface area contributed by atoms with Crippen molar-refractivity contribution >= 4 is 22.4 Å². The molecule has 0 heterocycles. The molecule has 0 aliphatic heterocycles. The summed E-state index contributed by atoms with van der Waals surface area (Å²) in [6.07, 6.45) is 0. The molecular formula is C21H22N2O2. The lowest BCUT2D eigenvalue weighted by atomic mass is 9.92. The Bertz CT molecular complexity index is 901. The number of benzene rings is 3. The topological polar surface area (TPSA) is 52.6 Å². The summed E-state index contributed by atoms with van der Waals surface area (Å²) in [5.74, 6) is 0.0307. The van der Waals surface area contributed by atoms with Crippen LogP contribution in [0.3, 0.4) is 0 Å². The van der Waals surface area contributed by atoms with Gasteiger partial charge in [0.2, 0.25) is 5.91 Å². The van der Waals surface area contributed by atoms with Crippen molar-refractivity contribution in [3.8, 4) is 5.75 Å². The molecule has 3 rings (SSSR count). The zero-order valence-electron chi connectivity index (χ0n) is 14.7. The summed E-state index contributed by atoms with van der Waals surface area (Å²) in [5, 5.41) is 15.5. The number of hydrogen-bond acceptors (Lipinski definition) is 3. The molecule has 0 unspecified atom stereocenters. The van der Waals surface area contributed by atoms with Crippen LogP contribution >= 0.6 is 0 Å². The Hall–Kier alpha value is -3.01. The predicted molar refractivity (Wildman–Crippen MR) is 102 cm³/mol. The molecule has 0 fully saturated rings. The fourth-order valence-electron chi connectivity index (χ4n) is 3.08. The fourth-order valence-corrected chi connectivity index (χ4v) is 3.08. The van der Waals surface area contributed by atoms with Gasteiger partial charge in [-0.3, -0.25) is 4.79 Å². The highest BCUT2D eigenvalue weighted by atomic mass is 16.3. The Morgan fingerprint density at radius 1 is 1.00 bits per heavy atom. The standard InChI is InChI=1S/C21H22N2O2/c1-14(24)22-21(16-8-11-17(12-9-16)23(2)3)20-18-7-5-4-6-15(18)10-13-19(20)25/h4-13,21,25H,1-3H3,(H,22,24)/t21-/m1/s1. The van der Waals surface area contributed by atoms with Gasteiger partial charge in [0.25, 0.3) is 0 Å². The van der Waals surface area contributed by atoms with Crippen molar-refractivity contribution in [2.24, 2.45) is 0 Å². The third kappa shape index (κ3) is 3.43. The maximum atomic E-state index is 11.8. The normalized spacial score (nSPS) is 12.0. The number of hydrogen-bond donors (Lipinski definition) is 2. The summed E-state index contributed by atoms with van der Waals surface area (Å²) in [4.78, 5) is 13.8. The van der Waals surface area contributed by atoms with Crippen molar-refractivity contribution < 1.29 is 9.90 Å². The van der Waals surface area contributed by atoms with E-state index in [0.29, 0.717) is 5.56 Å². The van der Waals surface area contributed by atoms with Gasteiger partial charge in [0.1, 0.15) is 5.75 Å². The maximum Gasteiger partial charge on any atom is 0.217 e. The van der Waals surface area contributed by atoms with E-state index in [9.17, 15) is 9.90 Å². The van der Waals surface area contributed by atoms with Gasteiger partial charge in [-0.05, 0) is 34.5 Å². The number of carbonyl (C=O) groups is 1. The molecule has 0 aromatic heterocycles. The van der Waals surface area contributed by atoms with Gasteiger partial charge in [-0.2, -0.15) is 0 Å². The summed E-state index contributed by atoms with van der Waals surface area (Å²) in [5.41, 5.74) is 2.71. The molecule has 0 aliphatic carbocycles. The van der Waals surface area contributed by atoms with E-state index in [0.717, 1.165) is 22.0 Å². The molecule has 1 atom stereocenters. The number of nitrogens with one attached hydrogen (secondary N) is 1. The molecule has 25 heavy (non-hydrogen) atoms. The highest BCUT2D eigenvalue weighted by Gasteiger charge is 2.21. The molecule has 3 aromatic carbocycles. The van der Waals surface area contributed by atoms with E-state index in [2.05, 4.69) is 5.32 Å². The van der Waals surface area contributed by atoms with Crippen LogP contribution < -0.4 is 10.2 Å². The maximum absolute atomic E-state index is 11.8. The van der Waals surface area contributed by atoms with Crippen molar-refractivity contribution in [3.05, 3.63) is 71.8 Å². The molecule has 1 amide bonds. The highest BCUT2D eigenvalue weighted by molar-refractivity contribution is 5.89. The quantitative estimate of drug-likeness (QED) is 0.762. The Morgan fingerprint density at radius 2 is 1.68 bits per heavy atom. The van der Waals surface area contributed by atoms with E-state index >= 15 is 0 Å². The minimum Gasteiger partial charge on any atom is -0.508 e. The minimum atomic E-state index is -0.417. The van der Waals surface area contributed by atoms with Crippen LogP contribution in [0.5, 0.6) is 5.75 Å². The highest BCUT2D eigenvalue weighted by Crippen LogP contribution is 2.36. The van der Waals surface area contributed by atoms with Crippen LogP contribution in [0.2, 0.25) is 0 Å². The second kappa shape index (κ2) is 6.85. The average Bonchev–Trinajstić information content (AvgIpc) is 2.60. The molecule has 0 bridgehead atoms. The van der Waals surface area contributed by atoms with E-state index in [-0.39, 0.29) is 11.7 Å². The monoisotopic (exact) mass is 334 g/mol. The number of anilines is 1. The number of amides is 1. The van der Waals surface area contributed by atoms with Gasteiger partial charge >= 0.3 is 0 Å². The van der Waals surface area contributed by atoms with Crippen LogP contribution in [0.4, 0.5) is 5.69 Å². The lowest BCUT2D eigenvalue weighted by molar-refractivity contribution is -0.119. The Balaban J connectivity index is 2.17. The van der Waals surface area contributed by atoms with Crippen molar-refractivity contribution in [1.82, 2.24) is 5.32 Å². The zero-order valence-corrected chi connectivity index (χ0v) is 14.7. The minimum absolute atomic E-state index is 0.144.